The van der Waals surface area contributed by atoms with Gasteiger partial charge in [0.15, 0.2) is 0 Å². The van der Waals surface area contributed by atoms with Gasteiger partial charge in [-0.3, -0.25) is 9.59 Å². The van der Waals surface area contributed by atoms with E-state index < -0.39 is 0 Å². The van der Waals surface area contributed by atoms with Gasteiger partial charge in [-0.1, -0.05) is 12.2 Å². The summed E-state index contributed by atoms with van der Waals surface area (Å²) in [6.07, 6.45) is 5.11. The van der Waals surface area contributed by atoms with E-state index in [9.17, 15) is 9.59 Å². The molecule has 1 unspecified atom stereocenters. The first-order chi connectivity index (χ1) is 8.69. The number of nitrogens with zero attached hydrogens (tertiary/aromatic N) is 1. The Bertz CT molecular complexity index is 315. The van der Waals surface area contributed by atoms with Crippen molar-refractivity contribution in [1.82, 2.24) is 10.2 Å². The molecule has 0 saturated carbocycles. The quantitative estimate of drug-likeness (QED) is 0.533. The SMILES string of the molecule is C/C=C/CCNC(=O)C1CC(=O)N(CCOC)C1. The lowest BCUT2D eigenvalue weighted by atomic mass is 10.1. The van der Waals surface area contributed by atoms with E-state index in [2.05, 4.69) is 5.32 Å². The normalized spacial score (nSPS) is 19.8. The van der Waals surface area contributed by atoms with Crippen LogP contribution in [-0.4, -0.2) is 50.1 Å². The fraction of sp³-hybridized carbons (Fsp3) is 0.692. The number of likely N-dealkylation sites (tertiary alicyclic amines) is 1. The van der Waals surface area contributed by atoms with Crippen LogP contribution < -0.4 is 5.32 Å². The summed E-state index contributed by atoms with van der Waals surface area (Å²) in [5.74, 6) is -0.187. The van der Waals surface area contributed by atoms with Crippen LogP contribution in [0.15, 0.2) is 12.2 Å². The van der Waals surface area contributed by atoms with Crippen molar-refractivity contribution in [2.45, 2.75) is 19.8 Å². The van der Waals surface area contributed by atoms with Gasteiger partial charge in [0, 0.05) is 33.2 Å². The smallest absolute Gasteiger partial charge is 0.225 e. The van der Waals surface area contributed by atoms with E-state index in [0.29, 0.717) is 32.7 Å². The molecule has 1 rings (SSSR count). The van der Waals surface area contributed by atoms with E-state index in [1.54, 1.807) is 12.0 Å². The molecule has 0 bridgehead atoms. The van der Waals surface area contributed by atoms with Crippen LogP contribution in [0.1, 0.15) is 19.8 Å². The monoisotopic (exact) mass is 254 g/mol. The number of ether oxygens (including phenoxy) is 1. The molecule has 0 aliphatic carbocycles. The molecule has 1 N–H and O–H groups in total. The van der Waals surface area contributed by atoms with E-state index in [0.717, 1.165) is 6.42 Å². The predicted molar refractivity (Wildman–Crippen MR) is 69.0 cm³/mol. The maximum atomic E-state index is 11.8. The Hall–Kier alpha value is -1.36. The molecule has 1 aliphatic heterocycles. The highest BCUT2D eigenvalue weighted by molar-refractivity contribution is 5.89. The molecule has 0 spiro atoms. The number of methoxy groups -OCH3 is 1. The maximum Gasteiger partial charge on any atom is 0.225 e. The predicted octanol–water partition coefficient (Wildman–Crippen LogP) is 0.564. The zero-order valence-electron chi connectivity index (χ0n) is 11.1. The Morgan fingerprint density at radius 3 is 3.06 bits per heavy atom. The van der Waals surface area contributed by atoms with Gasteiger partial charge in [0.2, 0.25) is 11.8 Å². The molecule has 5 heteroatoms. The molecule has 102 valence electrons. The third-order valence-corrected chi connectivity index (χ3v) is 3.00. The molecule has 1 aliphatic rings. The van der Waals surface area contributed by atoms with E-state index in [4.69, 9.17) is 4.74 Å². The number of carbonyl (C=O) groups excluding carboxylic acids is 2. The Kier molecular flexibility index (Phi) is 6.43. The van der Waals surface area contributed by atoms with E-state index in [-0.39, 0.29) is 17.7 Å². The van der Waals surface area contributed by atoms with Crippen molar-refractivity contribution in [2.75, 3.05) is 33.4 Å². The molecule has 1 saturated heterocycles. The van der Waals surface area contributed by atoms with Crippen molar-refractivity contribution >= 4 is 11.8 Å². The van der Waals surface area contributed by atoms with Crippen LogP contribution in [0.5, 0.6) is 0 Å². The van der Waals surface area contributed by atoms with Crippen LogP contribution in [0.3, 0.4) is 0 Å². The lowest BCUT2D eigenvalue weighted by Gasteiger charge is -2.15. The fourth-order valence-electron chi connectivity index (χ4n) is 1.96. The fourth-order valence-corrected chi connectivity index (χ4v) is 1.96. The summed E-state index contributed by atoms with van der Waals surface area (Å²) in [5, 5.41) is 2.86. The summed E-state index contributed by atoms with van der Waals surface area (Å²) in [6.45, 7) is 4.17. The average molecular weight is 254 g/mol. The molecule has 0 aromatic rings. The minimum absolute atomic E-state index is 0.0206. The van der Waals surface area contributed by atoms with Crippen LogP contribution >= 0.6 is 0 Å². The molecule has 0 radical (unpaired) electrons. The van der Waals surface area contributed by atoms with Gasteiger partial charge in [-0.05, 0) is 13.3 Å². The van der Waals surface area contributed by atoms with Crippen molar-refractivity contribution in [2.24, 2.45) is 5.92 Å². The molecule has 18 heavy (non-hydrogen) atoms. The summed E-state index contributed by atoms with van der Waals surface area (Å²) in [5.41, 5.74) is 0. The highest BCUT2D eigenvalue weighted by Crippen LogP contribution is 2.17. The van der Waals surface area contributed by atoms with Gasteiger partial charge in [-0.25, -0.2) is 0 Å². The zero-order chi connectivity index (χ0) is 13.4. The molecule has 0 aromatic carbocycles. The molecule has 2 amide bonds. The third kappa shape index (κ3) is 4.49. The number of rotatable bonds is 7. The average Bonchev–Trinajstić information content (AvgIpc) is 2.73. The number of hydrogen-bond acceptors (Lipinski definition) is 3. The summed E-state index contributed by atoms with van der Waals surface area (Å²) < 4.78 is 4.94. The first kappa shape index (κ1) is 14.7. The van der Waals surface area contributed by atoms with Gasteiger partial charge in [0.25, 0.3) is 0 Å². The minimum Gasteiger partial charge on any atom is -0.383 e. The van der Waals surface area contributed by atoms with Crippen molar-refractivity contribution in [3.05, 3.63) is 12.2 Å². The number of amides is 2. The highest BCUT2D eigenvalue weighted by Gasteiger charge is 2.33. The Labute approximate surface area is 108 Å². The molecular formula is C13H22N2O3. The van der Waals surface area contributed by atoms with Gasteiger partial charge in [-0.2, -0.15) is 0 Å². The first-order valence-corrected chi connectivity index (χ1v) is 6.34. The van der Waals surface area contributed by atoms with Crippen molar-refractivity contribution in [1.29, 1.82) is 0 Å². The van der Waals surface area contributed by atoms with Crippen LogP contribution in [-0.2, 0) is 14.3 Å². The second kappa shape index (κ2) is 7.87. The van der Waals surface area contributed by atoms with Gasteiger partial charge in [0.1, 0.15) is 0 Å². The third-order valence-electron chi connectivity index (χ3n) is 3.00. The van der Waals surface area contributed by atoms with Crippen LogP contribution in [0.4, 0.5) is 0 Å². The number of hydrogen-bond donors (Lipinski definition) is 1. The van der Waals surface area contributed by atoms with Crippen molar-refractivity contribution in [3.63, 3.8) is 0 Å². The molecule has 0 aromatic heterocycles. The lowest BCUT2D eigenvalue weighted by molar-refractivity contribution is -0.129. The van der Waals surface area contributed by atoms with E-state index >= 15 is 0 Å². The lowest BCUT2D eigenvalue weighted by Crippen LogP contribution is -2.34. The summed E-state index contributed by atoms with van der Waals surface area (Å²) in [6, 6.07) is 0. The Balaban J connectivity index is 2.30. The highest BCUT2D eigenvalue weighted by atomic mass is 16.5. The standard InChI is InChI=1S/C13H22N2O3/c1-3-4-5-6-14-13(17)11-9-12(16)15(10-11)7-8-18-2/h3-4,11H,5-10H2,1-2H3,(H,14,17)/b4-3+. The van der Waals surface area contributed by atoms with E-state index in [1.807, 2.05) is 19.1 Å². The Morgan fingerprint density at radius 1 is 1.61 bits per heavy atom. The topological polar surface area (TPSA) is 58.6 Å². The largest absolute Gasteiger partial charge is 0.383 e. The molecular weight excluding hydrogens is 232 g/mol. The molecule has 1 atom stereocenters. The van der Waals surface area contributed by atoms with Crippen molar-refractivity contribution in [3.8, 4) is 0 Å². The second-order valence-corrected chi connectivity index (χ2v) is 4.38. The van der Waals surface area contributed by atoms with Gasteiger partial charge >= 0.3 is 0 Å². The Morgan fingerprint density at radius 2 is 2.39 bits per heavy atom. The van der Waals surface area contributed by atoms with E-state index in [1.165, 1.54) is 0 Å². The van der Waals surface area contributed by atoms with Crippen LogP contribution in [0.2, 0.25) is 0 Å². The second-order valence-electron chi connectivity index (χ2n) is 4.38. The van der Waals surface area contributed by atoms with Crippen LogP contribution in [0, 0.1) is 5.92 Å². The number of allylic oxidation sites excluding steroid dienone is 1. The maximum absolute atomic E-state index is 11.8. The number of nitrogens with one attached hydrogen (secondary N) is 1. The van der Waals surface area contributed by atoms with Gasteiger partial charge < -0.3 is 15.0 Å². The first-order valence-electron chi connectivity index (χ1n) is 6.34. The van der Waals surface area contributed by atoms with Crippen LogP contribution in [0.25, 0.3) is 0 Å². The summed E-state index contributed by atoms with van der Waals surface area (Å²) in [7, 11) is 1.60. The molecule has 1 fully saturated rings. The van der Waals surface area contributed by atoms with Gasteiger partial charge in [0.05, 0.1) is 12.5 Å². The molecule has 1 heterocycles. The summed E-state index contributed by atoms with van der Waals surface area (Å²) >= 11 is 0. The van der Waals surface area contributed by atoms with Crippen molar-refractivity contribution < 1.29 is 14.3 Å². The molecule has 5 nitrogen and oxygen atoms in total. The van der Waals surface area contributed by atoms with Gasteiger partial charge in [-0.15, -0.1) is 0 Å². The minimum atomic E-state index is -0.208. The number of carbonyl (C=O) groups is 2. The summed E-state index contributed by atoms with van der Waals surface area (Å²) in [4.78, 5) is 25.2. The zero-order valence-corrected chi connectivity index (χ0v) is 11.1.